The maximum Gasteiger partial charge on any atom is 0.316 e. The topological polar surface area (TPSA) is 39.2 Å². The number of carbonyl (C=O) groups excluding carboxylic acids is 1. The smallest absolute Gasteiger partial charge is 0.316 e. The van der Waals surface area contributed by atoms with Gasteiger partial charge in [0.1, 0.15) is 5.15 Å². The van der Waals surface area contributed by atoms with Crippen LogP contribution in [0.1, 0.15) is 26.3 Å². The number of carbonyl (C=O) groups is 1. The minimum Gasteiger partial charge on any atom is -0.465 e. The van der Waals surface area contributed by atoms with Crippen LogP contribution < -0.4 is 0 Å². The van der Waals surface area contributed by atoms with Gasteiger partial charge in [-0.2, -0.15) is 0 Å². The first-order valence-electron chi connectivity index (χ1n) is 4.78. The number of hydrogen-bond donors (Lipinski definition) is 0. The zero-order valence-corrected chi connectivity index (χ0v) is 9.84. The van der Waals surface area contributed by atoms with Gasteiger partial charge in [-0.1, -0.05) is 17.7 Å². The Hall–Kier alpha value is -1.09. The number of hydrogen-bond acceptors (Lipinski definition) is 3. The van der Waals surface area contributed by atoms with Crippen LogP contribution in [0.25, 0.3) is 0 Å². The van der Waals surface area contributed by atoms with E-state index >= 15 is 0 Å². The van der Waals surface area contributed by atoms with Crippen LogP contribution in [0.3, 0.4) is 0 Å². The normalized spacial score (nSPS) is 11.2. The molecule has 0 saturated carbocycles. The van der Waals surface area contributed by atoms with Gasteiger partial charge in [-0.25, -0.2) is 4.98 Å². The van der Waals surface area contributed by atoms with Crippen LogP contribution in [0.2, 0.25) is 5.15 Å². The molecule has 82 valence electrons. The van der Waals surface area contributed by atoms with Crippen molar-refractivity contribution in [1.29, 1.82) is 0 Å². The van der Waals surface area contributed by atoms with Gasteiger partial charge in [-0.15, -0.1) is 0 Å². The molecule has 3 nitrogen and oxygen atoms in total. The molecule has 0 aliphatic rings. The van der Waals surface area contributed by atoms with Crippen LogP contribution >= 0.6 is 11.6 Å². The number of aromatic nitrogens is 1. The lowest BCUT2D eigenvalue weighted by Gasteiger charge is -2.23. The lowest BCUT2D eigenvalue weighted by atomic mass is 9.86. The summed E-state index contributed by atoms with van der Waals surface area (Å²) >= 11 is 5.93. The second-order valence-electron chi connectivity index (χ2n) is 3.69. The molecule has 0 bridgehead atoms. The van der Waals surface area contributed by atoms with Crippen LogP contribution in [-0.2, 0) is 14.9 Å². The van der Waals surface area contributed by atoms with Gasteiger partial charge in [0, 0.05) is 11.8 Å². The van der Waals surface area contributed by atoms with Crippen molar-refractivity contribution in [2.45, 2.75) is 26.2 Å². The van der Waals surface area contributed by atoms with E-state index < -0.39 is 5.41 Å². The van der Waals surface area contributed by atoms with Crippen LogP contribution in [0.5, 0.6) is 0 Å². The average molecular weight is 228 g/mol. The molecule has 0 aromatic carbocycles. The molecule has 1 aromatic heterocycles. The molecule has 0 fully saturated rings. The van der Waals surface area contributed by atoms with E-state index in [4.69, 9.17) is 16.3 Å². The number of rotatable bonds is 3. The Bertz CT molecular complexity index is 363. The second kappa shape index (κ2) is 4.62. The number of nitrogens with zero attached hydrogens (tertiary/aromatic N) is 1. The molecule has 4 heteroatoms. The summed E-state index contributed by atoms with van der Waals surface area (Å²) in [5.41, 5.74) is -0.0773. The highest BCUT2D eigenvalue weighted by molar-refractivity contribution is 6.30. The molecular weight excluding hydrogens is 214 g/mol. The Kier molecular flexibility index (Phi) is 3.69. The fourth-order valence-corrected chi connectivity index (χ4v) is 1.63. The highest BCUT2D eigenvalue weighted by Gasteiger charge is 2.33. The van der Waals surface area contributed by atoms with Crippen molar-refractivity contribution in [3.63, 3.8) is 0 Å². The van der Waals surface area contributed by atoms with Crippen LogP contribution in [0.15, 0.2) is 18.3 Å². The van der Waals surface area contributed by atoms with Crippen molar-refractivity contribution in [3.05, 3.63) is 29.0 Å². The third kappa shape index (κ3) is 2.48. The zero-order valence-electron chi connectivity index (χ0n) is 9.08. The lowest BCUT2D eigenvalue weighted by Crippen LogP contribution is -2.31. The fourth-order valence-electron chi connectivity index (χ4n) is 1.27. The molecule has 0 amide bonds. The molecule has 0 aliphatic carbocycles. The van der Waals surface area contributed by atoms with E-state index in [0.29, 0.717) is 17.3 Å². The highest BCUT2D eigenvalue weighted by Crippen LogP contribution is 2.29. The Balaban J connectivity index is 3.05. The van der Waals surface area contributed by atoms with E-state index in [9.17, 15) is 4.79 Å². The first-order valence-corrected chi connectivity index (χ1v) is 5.16. The number of halogens is 1. The molecular formula is C11H14ClNO2. The predicted molar refractivity (Wildman–Crippen MR) is 58.9 cm³/mol. The quantitative estimate of drug-likeness (QED) is 0.589. The van der Waals surface area contributed by atoms with E-state index in [1.165, 1.54) is 0 Å². The summed E-state index contributed by atoms with van der Waals surface area (Å²) in [6, 6.07) is 3.54. The van der Waals surface area contributed by atoms with E-state index in [-0.39, 0.29) is 5.97 Å². The highest BCUT2D eigenvalue weighted by atomic mass is 35.5. The predicted octanol–water partition coefficient (Wildman–Crippen LogP) is 2.58. The number of ether oxygens (including phenoxy) is 1. The van der Waals surface area contributed by atoms with Gasteiger partial charge in [0.2, 0.25) is 0 Å². The molecule has 1 rings (SSSR count). The number of pyridine rings is 1. The minimum atomic E-state index is -0.763. The van der Waals surface area contributed by atoms with E-state index in [0.717, 1.165) is 0 Å². The molecule has 1 heterocycles. The fraction of sp³-hybridized carbons (Fsp3) is 0.455. The molecule has 0 radical (unpaired) electrons. The molecule has 0 spiro atoms. The van der Waals surface area contributed by atoms with Gasteiger partial charge >= 0.3 is 5.97 Å². The van der Waals surface area contributed by atoms with Crippen molar-refractivity contribution in [1.82, 2.24) is 4.98 Å². The Labute approximate surface area is 94.4 Å². The first kappa shape index (κ1) is 12.0. The van der Waals surface area contributed by atoms with Crippen molar-refractivity contribution in [2.75, 3.05) is 6.61 Å². The minimum absolute atomic E-state index is 0.292. The van der Waals surface area contributed by atoms with Gasteiger partial charge in [0.05, 0.1) is 12.0 Å². The SMILES string of the molecule is CCOC(=O)C(C)(C)c1cccnc1Cl. The van der Waals surface area contributed by atoms with Crippen molar-refractivity contribution in [2.24, 2.45) is 0 Å². The zero-order chi connectivity index (χ0) is 11.5. The van der Waals surface area contributed by atoms with Gasteiger partial charge in [-0.05, 0) is 26.8 Å². The van der Waals surface area contributed by atoms with Gasteiger partial charge < -0.3 is 4.74 Å². The van der Waals surface area contributed by atoms with Crippen LogP contribution in [0.4, 0.5) is 0 Å². The molecule has 0 N–H and O–H groups in total. The van der Waals surface area contributed by atoms with Crippen LogP contribution in [-0.4, -0.2) is 17.6 Å². The molecule has 0 unspecified atom stereocenters. The van der Waals surface area contributed by atoms with Gasteiger partial charge in [0.25, 0.3) is 0 Å². The van der Waals surface area contributed by atoms with Crippen molar-refractivity contribution >= 4 is 17.6 Å². The van der Waals surface area contributed by atoms with E-state index in [2.05, 4.69) is 4.98 Å². The standard InChI is InChI=1S/C11H14ClNO2/c1-4-15-10(14)11(2,3)8-6-5-7-13-9(8)12/h5-7H,4H2,1-3H3. The summed E-state index contributed by atoms with van der Waals surface area (Å²) in [6.45, 7) is 5.68. The van der Waals surface area contributed by atoms with Gasteiger partial charge in [0.15, 0.2) is 0 Å². The summed E-state index contributed by atoms with van der Waals surface area (Å²) in [7, 11) is 0. The van der Waals surface area contributed by atoms with E-state index in [1.54, 1.807) is 39.1 Å². The summed E-state index contributed by atoms with van der Waals surface area (Å²) in [5.74, 6) is -0.292. The molecule has 0 atom stereocenters. The largest absolute Gasteiger partial charge is 0.465 e. The summed E-state index contributed by atoms with van der Waals surface area (Å²) < 4.78 is 4.99. The van der Waals surface area contributed by atoms with Gasteiger partial charge in [-0.3, -0.25) is 4.79 Å². The third-order valence-corrected chi connectivity index (χ3v) is 2.52. The first-order chi connectivity index (χ1) is 7.00. The summed E-state index contributed by atoms with van der Waals surface area (Å²) in [4.78, 5) is 15.7. The summed E-state index contributed by atoms with van der Waals surface area (Å²) in [5, 5.41) is 0.343. The molecule has 15 heavy (non-hydrogen) atoms. The van der Waals surface area contributed by atoms with Crippen molar-refractivity contribution in [3.8, 4) is 0 Å². The molecule has 0 saturated heterocycles. The Morgan fingerprint density at radius 3 is 2.80 bits per heavy atom. The monoisotopic (exact) mass is 227 g/mol. The molecule has 0 aliphatic heterocycles. The Morgan fingerprint density at radius 1 is 1.60 bits per heavy atom. The summed E-state index contributed by atoms with van der Waals surface area (Å²) in [6.07, 6.45) is 1.59. The average Bonchev–Trinajstić information content (AvgIpc) is 2.18. The maximum absolute atomic E-state index is 11.7. The van der Waals surface area contributed by atoms with E-state index in [1.807, 2.05) is 0 Å². The number of esters is 1. The van der Waals surface area contributed by atoms with Crippen LogP contribution in [0, 0.1) is 0 Å². The third-order valence-electron chi connectivity index (χ3n) is 2.22. The lowest BCUT2D eigenvalue weighted by molar-refractivity contribution is -0.148. The second-order valence-corrected chi connectivity index (χ2v) is 4.05. The molecule has 1 aromatic rings. The maximum atomic E-state index is 11.7. The van der Waals surface area contributed by atoms with Crippen molar-refractivity contribution < 1.29 is 9.53 Å². The Morgan fingerprint density at radius 2 is 2.27 bits per heavy atom.